The molecule has 2 saturated heterocycles. The van der Waals surface area contributed by atoms with Crippen LogP contribution in [0.25, 0.3) is 0 Å². The SMILES string of the molecule is Oc1cc(B2OCCO2)cc(B2OCCO2)c1. The summed E-state index contributed by atoms with van der Waals surface area (Å²) >= 11 is 0. The highest BCUT2D eigenvalue weighted by molar-refractivity contribution is 6.65. The lowest BCUT2D eigenvalue weighted by Crippen LogP contribution is -2.39. The summed E-state index contributed by atoms with van der Waals surface area (Å²) < 4.78 is 21.6. The fraction of sp³-hybridized carbons (Fsp3) is 0.400. The van der Waals surface area contributed by atoms with Crippen molar-refractivity contribution in [2.45, 2.75) is 0 Å². The van der Waals surface area contributed by atoms with Gasteiger partial charge in [-0.15, -0.1) is 0 Å². The number of benzene rings is 1. The molecule has 0 spiro atoms. The average Bonchev–Trinajstić information content (AvgIpc) is 3.02. The van der Waals surface area contributed by atoms with Gasteiger partial charge >= 0.3 is 14.2 Å². The van der Waals surface area contributed by atoms with Crippen molar-refractivity contribution in [3.8, 4) is 5.75 Å². The van der Waals surface area contributed by atoms with E-state index in [9.17, 15) is 5.11 Å². The highest BCUT2D eigenvalue weighted by atomic mass is 16.6. The first-order chi connectivity index (χ1) is 8.33. The second-order valence-corrected chi connectivity index (χ2v) is 4.00. The van der Waals surface area contributed by atoms with Crippen LogP contribution in [0.5, 0.6) is 5.75 Å². The summed E-state index contributed by atoms with van der Waals surface area (Å²) in [7, 11) is -0.801. The lowest BCUT2D eigenvalue weighted by molar-refractivity contribution is 0.365. The van der Waals surface area contributed by atoms with E-state index in [1.54, 1.807) is 12.1 Å². The molecule has 7 heteroatoms. The van der Waals surface area contributed by atoms with Crippen LogP contribution in [0.15, 0.2) is 18.2 Å². The maximum absolute atomic E-state index is 9.69. The van der Waals surface area contributed by atoms with E-state index in [2.05, 4.69) is 0 Å². The number of hydrogen-bond acceptors (Lipinski definition) is 5. The van der Waals surface area contributed by atoms with Gasteiger partial charge in [0, 0.05) is 0 Å². The molecule has 0 radical (unpaired) electrons. The molecule has 2 aliphatic heterocycles. The van der Waals surface area contributed by atoms with Crippen LogP contribution >= 0.6 is 0 Å². The Morgan fingerprint density at radius 1 is 0.765 bits per heavy atom. The normalized spacial score (nSPS) is 20.2. The molecule has 1 N–H and O–H groups in total. The van der Waals surface area contributed by atoms with Gasteiger partial charge in [-0.1, -0.05) is 6.07 Å². The highest BCUT2D eigenvalue weighted by Gasteiger charge is 2.31. The fourth-order valence-electron chi connectivity index (χ4n) is 2.03. The molecule has 88 valence electrons. The number of phenolic OH excluding ortho intramolecular Hbond substituents is 1. The third-order valence-electron chi connectivity index (χ3n) is 2.75. The van der Waals surface area contributed by atoms with Crippen LogP contribution in [0.4, 0.5) is 0 Å². The van der Waals surface area contributed by atoms with Crippen molar-refractivity contribution in [3.05, 3.63) is 18.2 Å². The Hall–Kier alpha value is -1.01. The Kier molecular flexibility index (Phi) is 3.07. The van der Waals surface area contributed by atoms with E-state index in [0.29, 0.717) is 26.4 Å². The Morgan fingerprint density at radius 3 is 1.59 bits per heavy atom. The summed E-state index contributed by atoms with van der Waals surface area (Å²) in [4.78, 5) is 0. The zero-order chi connectivity index (χ0) is 11.7. The van der Waals surface area contributed by atoms with E-state index in [0.717, 1.165) is 10.9 Å². The van der Waals surface area contributed by atoms with Gasteiger partial charge in [0.25, 0.3) is 0 Å². The summed E-state index contributed by atoms with van der Waals surface area (Å²) in [6, 6.07) is 5.15. The first kappa shape index (κ1) is 11.1. The van der Waals surface area contributed by atoms with E-state index in [1.807, 2.05) is 6.07 Å². The molecule has 0 aromatic heterocycles. The van der Waals surface area contributed by atoms with Gasteiger partial charge in [-0.2, -0.15) is 0 Å². The van der Waals surface area contributed by atoms with E-state index in [-0.39, 0.29) is 5.75 Å². The first-order valence-corrected chi connectivity index (χ1v) is 5.63. The molecule has 0 saturated carbocycles. The summed E-state index contributed by atoms with van der Waals surface area (Å²) in [5.74, 6) is 0.163. The molecule has 1 aromatic carbocycles. The van der Waals surface area contributed by atoms with Gasteiger partial charge in [0.1, 0.15) is 5.75 Å². The third kappa shape index (κ3) is 2.32. The van der Waals surface area contributed by atoms with E-state index in [1.165, 1.54) is 0 Å². The zero-order valence-corrected chi connectivity index (χ0v) is 9.30. The van der Waals surface area contributed by atoms with Gasteiger partial charge in [0.05, 0.1) is 26.4 Å². The Morgan fingerprint density at radius 2 is 1.18 bits per heavy atom. The van der Waals surface area contributed by atoms with Crippen molar-refractivity contribution >= 4 is 25.2 Å². The van der Waals surface area contributed by atoms with Crippen LogP contribution in [0.2, 0.25) is 0 Å². The molecule has 17 heavy (non-hydrogen) atoms. The van der Waals surface area contributed by atoms with Gasteiger partial charge < -0.3 is 23.7 Å². The minimum Gasteiger partial charge on any atom is -0.508 e. The topological polar surface area (TPSA) is 57.2 Å². The molecule has 5 nitrogen and oxygen atoms in total. The lowest BCUT2D eigenvalue weighted by Gasteiger charge is -2.09. The van der Waals surface area contributed by atoms with Crippen LogP contribution in [-0.2, 0) is 18.6 Å². The molecule has 1 aromatic rings. The van der Waals surface area contributed by atoms with E-state index < -0.39 is 14.2 Å². The molecule has 0 bridgehead atoms. The fourth-order valence-corrected chi connectivity index (χ4v) is 2.03. The van der Waals surface area contributed by atoms with Crippen LogP contribution in [-0.4, -0.2) is 45.8 Å². The third-order valence-corrected chi connectivity index (χ3v) is 2.75. The summed E-state index contributed by atoms with van der Waals surface area (Å²) in [6.07, 6.45) is 0. The van der Waals surface area contributed by atoms with Crippen LogP contribution in [0.1, 0.15) is 0 Å². The molecule has 0 amide bonds. The monoisotopic (exact) mass is 234 g/mol. The van der Waals surface area contributed by atoms with Crippen molar-refractivity contribution in [1.29, 1.82) is 0 Å². The van der Waals surface area contributed by atoms with E-state index in [4.69, 9.17) is 18.6 Å². The maximum atomic E-state index is 9.69. The van der Waals surface area contributed by atoms with Crippen molar-refractivity contribution in [3.63, 3.8) is 0 Å². The van der Waals surface area contributed by atoms with E-state index >= 15 is 0 Å². The molecular weight excluding hydrogens is 222 g/mol. The number of rotatable bonds is 2. The Bertz CT molecular complexity index is 367. The van der Waals surface area contributed by atoms with Gasteiger partial charge in [0.15, 0.2) is 0 Å². The molecule has 3 rings (SSSR count). The number of aromatic hydroxyl groups is 1. The van der Waals surface area contributed by atoms with Gasteiger partial charge in [-0.05, 0) is 23.1 Å². The van der Waals surface area contributed by atoms with Crippen LogP contribution < -0.4 is 10.9 Å². The standard InChI is InChI=1S/C10H12B2O5/c13-10-6-8(11-14-1-2-15-11)5-9(7-10)12-16-3-4-17-12/h5-7,13H,1-4H2. The van der Waals surface area contributed by atoms with Crippen molar-refractivity contribution in [1.82, 2.24) is 0 Å². The second kappa shape index (κ2) is 4.70. The predicted molar refractivity (Wildman–Crippen MR) is 62.7 cm³/mol. The minimum atomic E-state index is -0.401. The van der Waals surface area contributed by atoms with Gasteiger partial charge in [0.2, 0.25) is 0 Å². The molecule has 2 heterocycles. The second-order valence-electron chi connectivity index (χ2n) is 4.00. The van der Waals surface area contributed by atoms with Gasteiger partial charge in [-0.3, -0.25) is 0 Å². The highest BCUT2D eigenvalue weighted by Crippen LogP contribution is 2.09. The summed E-state index contributed by atoms with van der Waals surface area (Å²) in [6.45, 7) is 2.30. The maximum Gasteiger partial charge on any atom is 0.494 e. The minimum absolute atomic E-state index is 0.163. The van der Waals surface area contributed by atoms with Crippen LogP contribution in [0.3, 0.4) is 0 Å². The summed E-state index contributed by atoms with van der Waals surface area (Å²) in [5.41, 5.74) is 1.58. The van der Waals surface area contributed by atoms with Crippen molar-refractivity contribution < 1.29 is 23.7 Å². The molecule has 0 aliphatic carbocycles. The van der Waals surface area contributed by atoms with Crippen molar-refractivity contribution in [2.24, 2.45) is 0 Å². The number of phenols is 1. The molecule has 0 unspecified atom stereocenters. The van der Waals surface area contributed by atoms with Gasteiger partial charge in [-0.25, -0.2) is 0 Å². The van der Waals surface area contributed by atoms with Crippen LogP contribution in [0, 0.1) is 0 Å². The smallest absolute Gasteiger partial charge is 0.494 e. The first-order valence-electron chi connectivity index (χ1n) is 5.63. The molecular formula is C10H12B2O5. The quantitative estimate of drug-likeness (QED) is 0.656. The molecule has 2 aliphatic rings. The zero-order valence-electron chi connectivity index (χ0n) is 9.30. The van der Waals surface area contributed by atoms with Crippen molar-refractivity contribution in [2.75, 3.05) is 26.4 Å². The molecule has 0 atom stereocenters. The summed E-state index contributed by atoms with van der Waals surface area (Å²) in [5, 5.41) is 9.69. The number of hydrogen-bond donors (Lipinski definition) is 1. The lowest BCUT2D eigenvalue weighted by atomic mass is 9.72. The molecule has 2 fully saturated rings. The average molecular weight is 234 g/mol. The Labute approximate surface area is 99.9 Å². The predicted octanol–water partition coefficient (Wildman–Crippen LogP) is -1.12. The largest absolute Gasteiger partial charge is 0.508 e. The Balaban J connectivity index is 1.88.